The van der Waals surface area contributed by atoms with Crippen molar-refractivity contribution in [2.24, 2.45) is 5.73 Å². The average molecular weight is 172 g/mol. The van der Waals surface area contributed by atoms with Gasteiger partial charge in [-0.1, -0.05) is 0 Å². The largest absolute Gasteiger partial charge is 0.368 e. The lowest BCUT2D eigenvalue weighted by atomic mass is 10.2. The van der Waals surface area contributed by atoms with Crippen LogP contribution in [0, 0.1) is 0 Å². The molecular weight excluding hydrogens is 156 g/mol. The van der Waals surface area contributed by atoms with Crippen molar-refractivity contribution in [1.82, 2.24) is 5.32 Å². The van der Waals surface area contributed by atoms with Crippen molar-refractivity contribution in [3.63, 3.8) is 0 Å². The zero-order chi connectivity index (χ0) is 8.97. The van der Waals surface area contributed by atoms with Gasteiger partial charge in [0.1, 0.15) is 6.10 Å². The third-order valence-electron chi connectivity index (χ3n) is 1.96. The standard InChI is InChI=1S/C8H16N2O2/c1-6(5-9)10-8(11)7-3-2-4-12-7/h6-7H,2-5,9H2,1H3,(H,10,11)/t6?,7-/m1/s1. The highest BCUT2D eigenvalue weighted by Gasteiger charge is 2.23. The summed E-state index contributed by atoms with van der Waals surface area (Å²) in [5, 5.41) is 2.78. The predicted molar refractivity (Wildman–Crippen MR) is 45.6 cm³/mol. The normalized spacial score (nSPS) is 25.3. The fraction of sp³-hybridized carbons (Fsp3) is 0.875. The molecule has 3 N–H and O–H groups in total. The molecular formula is C8H16N2O2. The van der Waals surface area contributed by atoms with Crippen molar-refractivity contribution in [2.75, 3.05) is 13.2 Å². The number of rotatable bonds is 3. The van der Waals surface area contributed by atoms with Gasteiger partial charge in [-0.05, 0) is 19.8 Å². The minimum Gasteiger partial charge on any atom is -0.368 e. The van der Waals surface area contributed by atoms with Crippen molar-refractivity contribution in [1.29, 1.82) is 0 Å². The van der Waals surface area contributed by atoms with Crippen LogP contribution in [-0.4, -0.2) is 31.2 Å². The van der Waals surface area contributed by atoms with Gasteiger partial charge in [0.05, 0.1) is 0 Å². The first kappa shape index (κ1) is 9.48. The van der Waals surface area contributed by atoms with E-state index in [2.05, 4.69) is 5.32 Å². The Labute approximate surface area is 72.5 Å². The van der Waals surface area contributed by atoms with Crippen LogP contribution in [0.15, 0.2) is 0 Å². The fourth-order valence-corrected chi connectivity index (χ4v) is 1.18. The maximum absolute atomic E-state index is 11.3. The molecule has 1 aliphatic rings. The summed E-state index contributed by atoms with van der Waals surface area (Å²) in [6, 6.07) is 0.0432. The molecule has 0 aromatic heterocycles. The molecule has 0 bridgehead atoms. The zero-order valence-electron chi connectivity index (χ0n) is 7.38. The van der Waals surface area contributed by atoms with Gasteiger partial charge in [-0.15, -0.1) is 0 Å². The molecule has 1 heterocycles. The number of carbonyl (C=O) groups excluding carboxylic acids is 1. The SMILES string of the molecule is CC(CN)NC(=O)[C@H]1CCCO1. The molecule has 1 aliphatic heterocycles. The maximum Gasteiger partial charge on any atom is 0.249 e. The number of amides is 1. The van der Waals surface area contributed by atoms with E-state index < -0.39 is 0 Å². The Hall–Kier alpha value is -0.610. The smallest absolute Gasteiger partial charge is 0.249 e. The quantitative estimate of drug-likeness (QED) is 0.610. The number of ether oxygens (including phenoxy) is 1. The summed E-state index contributed by atoms with van der Waals surface area (Å²) < 4.78 is 5.21. The zero-order valence-corrected chi connectivity index (χ0v) is 7.38. The Bertz CT molecular complexity index is 155. The van der Waals surface area contributed by atoms with Crippen molar-refractivity contribution in [3.05, 3.63) is 0 Å². The van der Waals surface area contributed by atoms with Crippen LogP contribution in [0.1, 0.15) is 19.8 Å². The molecule has 12 heavy (non-hydrogen) atoms. The third kappa shape index (κ3) is 2.46. The Morgan fingerprint density at radius 2 is 2.58 bits per heavy atom. The maximum atomic E-state index is 11.3. The van der Waals surface area contributed by atoms with Gasteiger partial charge >= 0.3 is 0 Å². The molecule has 70 valence electrons. The number of nitrogens with one attached hydrogen (secondary N) is 1. The Kier molecular flexibility index (Phi) is 3.49. The first-order chi connectivity index (χ1) is 5.74. The highest BCUT2D eigenvalue weighted by atomic mass is 16.5. The van der Waals surface area contributed by atoms with E-state index in [1.54, 1.807) is 0 Å². The lowest BCUT2D eigenvalue weighted by molar-refractivity contribution is -0.130. The Morgan fingerprint density at radius 3 is 3.08 bits per heavy atom. The van der Waals surface area contributed by atoms with Gasteiger partial charge in [0, 0.05) is 19.2 Å². The highest BCUT2D eigenvalue weighted by molar-refractivity contribution is 5.81. The van der Waals surface area contributed by atoms with Crippen LogP contribution >= 0.6 is 0 Å². The average Bonchev–Trinajstić information content (AvgIpc) is 2.56. The summed E-state index contributed by atoms with van der Waals surface area (Å²) >= 11 is 0. The van der Waals surface area contributed by atoms with E-state index in [1.807, 2.05) is 6.92 Å². The molecule has 0 spiro atoms. The first-order valence-electron chi connectivity index (χ1n) is 4.36. The fourth-order valence-electron chi connectivity index (χ4n) is 1.18. The summed E-state index contributed by atoms with van der Waals surface area (Å²) in [5.41, 5.74) is 5.36. The molecule has 0 radical (unpaired) electrons. The van der Waals surface area contributed by atoms with E-state index >= 15 is 0 Å². The van der Waals surface area contributed by atoms with E-state index in [1.165, 1.54) is 0 Å². The molecule has 4 nitrogen and oxygen atoms in total. The van der Waals surface area contributed by atoms with Crippen LogP contribution in [0.25, 0.3) is 0 Å². The molecule has 1 rings (SSSR count). The van der Waals surface area contributed by atoms with Gasteiger partial charge in [-0.2, -0.15) is 0 Å². The number of carbonyl (C=O) groups is 1. The monoisotopic (exact) mass is 172 g/mol. The van der Waals surface area contributed by atoms with Crippen molar-refractivity contribution < 1.29 is 9.53 Å². The number of nitrogens with two attached hydrogens (primary N) is 1. The van der Waals surface area contributed by atoms with E-state index in [4.69, 9.17) is 10.5 Å². The summed E-state index contributed by atoms with van der Waals surface area (Å²) in [5.74, 6) is -0.0227. The topological polar surface area (TPSA) is 64.3 Å². The second-order valence-electron chi connectivity index (χ2n) is 3.15. The molecule has 1 amide bonds. The summed E-state index contributed by atoms with van der Waals surface area (Å²) in [7, 11) is 0. The van der Waals surface area contributed by atoms with Gasteiger partial charge in [0.25, 0.3) is 0 Å². The lowest BCUT2D eigenvalue weighted by Crippen LogP contribution is -2.43. The second-order valence-corrected chi connectivity index (χ2v) is 3.15. The van der Waals surface area contributed by atoms with Crippen LogP contribution in [0.2, 0.25) is 0 Å². The Balaban J connectivity index is 2.27. The summed E-state index contributed by atoms with van der Waals surface area (Å²) in [6.07, 6.45) is 1.58. The lowest BCUT2D eigenvalue weighted by Gasteiger charge is -2.14. The molecule has 1 fully saturated rings. The molecule has 1 saturated heterocycles. The molecule has 4 heteroatoms. The molecule has 0 aromatic carbocycles. The van der Waals surface area contributed by atoms with Gasteiger partial charge in [-0.25, -0.2) is 0 Å². The van der Waals surface area contributed by atoms with Crippen molar-refractivity contribution in [2.45, 2.75) is 31.9 Å². The van der Waals surface area contributed by atoms with Gasteiger partial charge < -0.3 is 15.8 Å². The second kappa shape index (κ2) is 4.42. The first-order valence-corrected chi connectivity index (χ1v) is 4.36. The predicted octanol–water partition coefficient (Wildman–Crippen LogP) is -0.371. The van der Waals surface area contributed by atoms with E-state index in [9.17, 15) is 4.79 Å². The summed E-state index contributed by atoms with van der Waals surface area (Å²) in [6.45, 7) is 3.06. The van der Waals surface area contributed by atoms with Crippen LogP contribution in [-0.2, 0) is 9.53 Å². The minimum atomic E-state index is -0.237. The third-order valence-corrected chi connectivity index (χ3v) is 1.96. The minimum absolute atomic E-state index is 0.0227. The molecule has 2 atom stereocenters. The van der Waals surface area contributed by atoms with Crippen LogP contribution in [0.3, 0.4) is 0 Å². The van der Waals surface area contributed by atoms with Crippen molar-refractivity contribution >= 4 is 5.91 Å². The van der Waals surface area contributed by atoms with Crippen molar-refractivity contribution in [3.8, 4) is 0 Å². The molecule has 1 unspecified atom stereocenters. The van der Waals surface area contributed by atoms with E-state index in [0.29, 0.717) is 13.2 Å². The summed E-state index contributed by atoms with van der Waals surface area (Å²) in [4.78, 5) is 11.3. The van der Waals surface area contributed by atoms with E-state index in [-0.39, 0.29) is 18.1 Å². The molecule has 0 aromatic rings. The Morgan fingerprint density at radius 1 is 1.83 bits per heavy atom. The molecule has 0 saturated carbocycles. The number of hydrogen-bond acceptors (Lipinski definition) is 3. The van der Waals surface area contributed by atoms with Gasteiger partial charge in [0.15, 0.2) is 0 Å². The van der Waals surface area contributed by atoms with Crippen LogP contribution in [0.5, 0.6) is 0 Å². The van der Waals surface area contributed by atoms with Gasteiger partial charge in [0.2, 0.25) is 5.91 Å². The van der Waals surface area contributed by atoms with Crippen LogP contribution in [0.4, 0.5) is 0 Å². The highest BCUT2D eigenvalue weighted by Crippen LogP contribution is 2.11. The van der Waals surface area contributed by atoms with E-state index in [0.717, 1.165) is 12.8 Å². The number of hydrogen-bond donors (Lipinski definition) is 2. The van der Waals surface area contributed by atoms with Gasteiger partial charge in [-0.3, -0.25) is 4.79 Å². The van der Waals surface area contributed by atoms with Crippen LogP contribution < -0.4 is 11.1 Å². The molecule has 0 aliphatic carbocycles.